The van der Waals surface area contributed by atoms with Crippen molar-refractivity contribution in [3.8, 4) is 5.75 Å². The number of aryl methyl sites for hydroxylation is 1. The zero-order chi connectivity index (χ0) is 10.7. The fourth-order valence-electron chi connectivity index (χ4n) is 1.21. The predicted octanol–water partition coefficient (Wildman–Crippen LogP) is 2.16. The SMILES string of the molecule is Cc1nsc(NCc2cccc(O)c2)n1. The Bertz CT molecular complexity index is 455. The number of aromatic hydroxyl groups is 1. The van der Waals surface area contributed by atoms with Gasteiger partial charge < -0.3 is 10.4 Å². The number of aromatic nitrogens is 2. The van der Waals surface area contributed by atoms with Crippen LogP contribution in [0.25, 0.3) is 0 Å². The molecule has 0 aliphatic heterocycles. The molecule has 2 N–H and O–H groups in total. The Morgan fingerprint density at radius 1 is 1.47 bits per heavy atom. The molecule has 0 spiro atoms. The van der Waals surface area contributed by atoms with Crippen LogP contribution >= 0.6 is 11.5 Å². The van der Waals surface area contributed by atoms with Gasteiger partial charge in [0.15, 0.2) is 0 Å². The summed E-state index contributed by atoms with van der Waals surface area (Å²) in [6.07, 6.45) is 0. The van der Waals surface area contributed by atoms with E-state index in [2.05, 4.69) is 14.7 Å². The van der Waals surface area contributed by atoms with Gasteiger partial charge in [-0.2, -0.15) is 4.37 Å². The van der Waals surface area contributed by atoms with Crippen molar-refractivity contribution < 1.29 is 5.11 Å². The largest absolute Gasteiger partial charge is 0.508 e. The lowest BCUT2D eigenvalue weighted by Gasteiger charge is -2.02. The highest BCUT2D eigenvalue weighted by Crippen LogP contribution is 2.14. The number of nitrogens with one attached hydrogen (secondary N) is 1. The van der Waals surface area contributed by atoms with Gasteiger partial charge in [-0.15, -0.1) is 0 Å². The topological polar surface area (TPSA) is 58.0 Å². The lowest BCUT2D eigenvalue weighted by molar-refractivity contribution is 0.474. The van der Waals surface area contributed by atoms with Crippen LogP contribution in [0.1, 0.15) is 11.4 Å². The minimum Gasteiger partial charge on any atom is -0.508 e. The van der Waals surface area contributed by atoms with E-state index >= 15 is 0 Å². The first-order chi connectivity index (χ1) is 7.24. The number of benzene rings is 1. The maximum atomic E-state index is 9.26. The molecular formula is C10H11N3OS. The van der Waals surface area contributed by atoms with Gasteiger partial charge in [0.25, 0.3) is 0 Å². The fourth-order valence-corrected chi connectivity index (χ4v) is 1.78. The van der Waals surface area contributed by atoms with Crippen LogP contribution < -0.4 is 5.32 Å². The van der Waals surface area contributed by atoms with Gasteiger partial charge in [-0.05, 0) is 24.6 Å². The summed E-state index contributed by atoms with van der Waals surface area (Å²) < 4.78 is 4.07. The van der Waals surface area contributed by atoms with Gasteiger partial charge in [-0.25, -0.2) is 4.98 Å². The van der Waals surface area contributed by atoms with Gasteiger partial charge >= 0.3 is 0 Å². The Morgan fingerprint density at radius 3 is 3.00 bits per heavy atom. The third-order valence-electron chi connectivity index (χ3n) is 1.88. The molecule has 2 rings (SSSR count). The molecule has 0 bridgehead atoms. The summed E-state index contributed by atoms with van der Waals surface area (Å²) in [6, 6.07) is 7.14. The highest BCUT2D eigenvalue weighted by Gasteiger charge is 1.99. The molecule has 1 aromatic carbocycles. The minimum atomic E-state index is 0.280. The molecule has 4 nitrogen and oxygen atoms in total. The van der Waals surface area contributed by atoms with Gasteiger partial charge in [0.1, 0.15) is 11.6 Å². The quantitative estimate of drug-likeness (QED) is 0.834. The molecule has 1 heterocycles. The summed E-state index contributed by atoms with van der Waals surface area (Å²) in [4.78, 5) is 4.18. The van der Waals surface area contributed by atoms with Crippen molar-refractivity contribution in [2.45, 2.75) is 13.5 Å². The average Bonchev–Trinajstić information content (AvgIpc) is 2.62. The van der Waals surface area contributed by atoms with Crippen LogP contribution in [0.3, 0.4) is 0 Å². The van der Waals surface area contributed by atoms with E-state index in [1.54, 1.807) is 12.1 Å². The van der Waals surface area contributed by atoms with Crippen LogP contribution in [0.2, 0.25) is 0 Å². The molecular weight excluding hydrogens is 210 g/mol. The fraction of sp³-hybridized carbons (Fsp3) is 0.200. The van der Waals surface area contributed by atoms with Crippen molar-refractivity contribution in [2.24, 2.45) is 0 Å². The highest BCUT2D eigenvalue weighted by molar-refractivity contribution is 7.09. The minimum absolute atomic E-state index is 0.280. The number of anilines is 1. The molecule has 5 heteroatoms. The van der Waals surface area contributed by atoms with E-state index in [1.165, 1.54) is 11.5 Å². The van der Waals surface area contributed by atoms with E-state index in [4.69, 9.17) is 0 Å². The lowest BCUT2D eigenvalue weighted by Crippen LogP contribution is -1.98. The second kappa shape index (κ2) is 4.27. The van der Waals surface area contributed by atoms with E-state index in [0.29, 0.717) is 6.54 Å². The third-order valence-corrected chi connectivity index (χ3v) is 2.65. The molecule has 78 valence electrons. The molecule has 0 saturated heterocycles. The van der Waals surface area contributed by atoms with Gasteiger partial charge in [0, 0.05) is 18.1 Å². The lowest BCUT2D eigenvalue weighted by atomic mass is 10.2. The highest BCUT2D eigenvalue weighted by atomic mass is 32.1. The van der Waals surface area contributed by atoms with Crippen molar-refractivity contribution in [2.75, 3.05) is 5.32 Å². The van der Waals surface area contributed by atoms with Crippen LogP contribution in [0.15, 0.2) is 24.3 Å². The Balaban J connectivity index is 1.99. The zero-order valence-electron chi connectivity index (χ0n) is 8.27. The van der Waals surface area contributed by atoms with E-state index in [9.17, 15) is 5.11 Å². The summed E-state index contributed by atoms with van der Waals surface area (Å²) in [7, 11) is 0. The van der Waals surface area contributed by atoms with Crippen LogP contribution in [0.5, 0.6) is 5.75 Å². The summed E-state index contributed by atoms with van der Waals surface area (Å²) in [5.74, 6) is 1.06. The summed E-state index contributed by atoms with van der Waals surface area (Å²) >= 11 is 1.34. The van der Waals surface area contributed by atoms with Crippen LogP contribution in [-0.2, 0) is 6.54 Å². The van der Waals surface area contributed by atoms with Crippen LogP contribution in [0.4, 0.5) is 5.13 Å². The van der Waals surface area contributed by atoms with Crippen molar-refractivity contribution in [1.29, 1.82) is 0 Å². The Kier molecular flexibility index (Phi) is 2.82. The first-order valence-corrected chi connectivity index (χ1v) is 5.33. The molecule has 0 amide bonds. The maximum Gasteiger partial charge on any atom is 0.202 e. The smallest absolute Gasteiger partial charge is 0.202 e. The number of hydrogen-bond donors (Lipinski definition) is 2. The Hall–Kier alpha value is -1.62. The van der Waals surface area contributed by atoms with Crippen LogP contribution in [-0.4, -0.2) is 14.5 Å². The molecule has 0 saturated carbocycles. The molecule has 0 fully saturated rings. The van der Waals surface area contributed by atoms with Gasteiger partial charge in [0.05, 0.1) is 0 Å². The number of hydrogen-bond acceptors (Lipinski definition) is 5. The second-order valence-corrected chi connectivity index (χ2v) is 3.92. The van der Waals surface area contributed by atoms with Crippen LogP contribution in [0, 0.1) is 6.92 Å². The van der Waals surface area contributed by atoms with Crippen molar-refractivity contribution in [1.82, 2.24) is 9.36 Å². The number of phenolic OH excluding ortho intramolecular Hbond substituents is 1. The number of nitrogens with zero attached hydrogens (tertiary/aromatic N) is 2. The zero-order valence-corrected chi connectivity index (χ0v) is 9.08. The first-order valence-electron chi connectivity index (χ1n) is 4.56. The molecule has 0 aliphatic carbocycles. The number of rotatable bonds is 3. The van der Waals surface area contributed by atoms with E-state index in [0.717, 1.165) is 16.5 Å². The van der Waals surface area contributed by atoms with Crippen molar-refractivity contribution in [3.05, 3.63) is 35.7 Å². The molecule has 1 aromatic heterocycles. The molecule has 0 radical (unpaired) electrons. The monoisotopic (exact) mass is 221 g/mol. The van der Waals surface area contributed by atoms with Gasteiger partial charge in [0.2, 0.25) is 5.13 Å². The first kappa shape index (κ1) is 9.92. The summed E-state index contributed by atoms with van der Waals surface area (Å²) in [5.41, 5.74) is 1.02. The van der Waals surface area contributed by atoms with Crippen molar-refractivity contribution in [3.63, 3.8) is 0 Å². The molecule has 0 unspecified atom stereocenters. The Labute approximate surface area is 91.8 Å². The Morgan fingerprint density at radius 2 is 2.33 bits per heavy atom. The number of phenols is 1. The normalized spacial score (nSPS) is 10.2. The van der Waals surface area contributed by atoms with Gasteiger partial charge in [-0.1, -0.05) is 12.1 Å². The summed E-state index contributed by atoms with van der Waals surface area (Å²) in [6.45, 7) is 2.50. The third kappa shape index (κ3) is 2.66. The molecule has 2 aromatic rings. The predicted molar refractivity (Wildman–Crippen MR) is 60.1 cm³/mol. The van der Waals surface area contributed by atoms with E-state index in [-0.39, 0.29) is 5.75 Å². The van der Waals surface area contributed by atoms with Crippen molar-refractivity contribution >= 4 is 16.7 Å². The standard InChI is InChI=1S/C10H11N3OS/c1-7-12-10(15-13-7)11-6-8-3-2-4-9(14)5-8/h2-5,14H,6H2,1H3,(H,11,12,13). The van der Waals surface area contributed by atoms with Gasteiger partial charge in [-0.3, -0.25) is 0 Å². The molecule has 0 atom stereocenters. The second-order valence-electron chi connectivity index (χ2n) is 3.17. The summed E-state index contributed by atoms with van der Waals surface area (Å²) in [5, 5.41) is 13.2. The average molecular weight is 221 g/mol. The van der Waals surface area contributed by atoms with E-state index in [1.807, 2.05) is 19.1 Å². The van der Waals surface area contributed by atoms with E-state index < -0.39 is 0 Å². The molecule has 15 heavy (non-hydrogen) atoms. The molecule has 0 aliphatic rings. The maximum absolute atomic E-state index is 9.26.